The summed E-state index contributed by atoms with van der Waals surface area (Å²) in [4.78, 5) is 2.46. The maximum atomic E-state index is 2.63. The van der Waals surface area contributed by atoms with Crippen molar-refractivity contribution >= 4 is 17.6 Å². The minimum absolute atomic E-state index is 0.0753. The average molecular weight is 400 g/mol. The Morgan fingerprint density at radius 3 is 2.67 bits per heavy atom. The number of allylic oxidation sites excluding steroid dienone is 2. The summed E-state index contributed by atoms with van der Waals surface area (Å²) in [6.07, 6.45) is 10.2. The summed E-state index contributed by atoms with van der Waals surface area (Å²) in [6.45, 7) is 7.10. The summed E-state index contributed by atoms with van der Waals surface area (Å²) >= 11 is 0. The van der Waals surface area contributed by atoms with Gasteiger partial charge in [-0.3, -0.25) is 0 Å². The number of nitrogens with zero attached hydrogens (tertiary/aromatic N) is 2. The second-order valence-electron chi connectivity index (χ2n) is 9.74. The van der Waals surface area contributed by atoms with E-state index in [4.69, 9.17) is 0 Å². The van der Waals surface area contributed by atoms with Gasteiger partial charge in [0.1, 0.15) is 0 Å². The molecule has 1 aliphatic carbocycles. The number of para-hydroxylation sites is 2. The molecule has 2 aromatic rings. The van der Waals surface area contributed by atoms with Crippen LogP contribution in [0.3, 0.4) is 0 Å². The van der Waals surface area contributed by atoms with Crippen LogP contribution < -0.4 is 4.90 Å². The van der Waals surface area contributed by atoms with Gasteiger partial charge in [-0.1, -0.05) is 56.2 Å². The van der Waals surface area contributed by atoms with Gasteiger partial charge < -0.3 is 4.90 Å². The van der Waals surface area contributed by atoms with E-state index >= 15 is 0 Å². The van der Waals surface area contributed by atoms with E-state index in [0.717, 1.165) is 0 Å². The van der Waals surface area contributed by atoms with Crippen molar-refractivity contribution in [1.29, 1.82) is 0 Å². The first-order chi connectivity index (χ1) is 14.6. The molecular weight excluding hydrogens is 364 g/mol. The molecule has 3 unspecified atom stereocenters. The van der Waals surface area contributed by atoms with Gasteiger partial charge in [-0.15, -0.1) is 0 Å². The minimum Gasteiger partial charge on any atom is -0.347 e. The molecule has 30 heavy (non-hydrogen) atoms. The van der Waals surface area contributed by atoms with Crippen LogP contribution in [0.25, 0.3) is 0 Å². The van der Waals surface area contributed by atoms with Crippen molar-refractivity contribution in [2.75, 3.05) is 11.9 Å². The van der Waals surface area contributed by atoms with Gasteiger partial charge in [-0.2, -0.15) is 4.58 Å². The number of anilines is 1. The third-order valence-corrected chi connectivity index (χ3v) is 7.88. The van der Waals surface area contributed by atoms with Crippen LogP contribution in [-0.2, 0) is 5.41 Å². The summed E-state index contributed by atoms with van der Waals surface area (Å²) < 4.78 is 2.63. The summed E-state index contributed by atoms with van der Waals surface area (Å²) in [5, 5.41) is 0. The second kappa shape index (κ2) is 7.41. The van der Waals surface area contributed by atoms with Gasteiger partial charge in [0.05, 0.1) is 5.92 Å². The Balaban J connectivity index is 1.66. The summed E-state index contributed by atoms with van der Waals surface area (Å²) in [7, 11) is 2.26. The van der Waals surface area contributed by atoms with E-state index in [-0.39, 0.29) is 5.41 Å². The molecule has 2 nitrogen and oxygen atoms in total. The van der Waals surface area contributed by atoms with Crippen LogP contribution in [0.2, 0.25) is 0 Å². The number of hydrogen-bond acceptors (Lipinski definition) is 1. The second-order valence-corrected chi connectivity index (χ2v) is 9.74. The van der Waals surface area contributed by atoms with Crippen LogP contribution in [-0.4, -0.2) is 23.9 Å². The molecule has 0 spiro atoms. The number of benzene rings is 2. The van der Waals surface area contributed by atoms with E-state index in [1.54, 1.807) is 5.56 Å². The smallest absolute Gasteiger partial charge is 0.209 e. The first-order valence-electron chi connectivity index (χ1n) is 11.8. The van der Waals surface area contributed by atoms with E-state index in [1.165, 1.54) is 66.7 Å². The maximum Gasteiger partial charge on any atom is 0.209 e. The van der Waals surface area contributed by atoms with Crippen LogP contribution in [0.4, 0.5) is 11.4 Å². The Morgan fingerprint density at radius 2 is 1.83 bits per heavy atom. The van der Waals surface area contributed by atoms with Gasteiger partial charge in [0.25, 0.3) is 0 Å². The molecule has 1 saturated carbocycles. The zero-order valence-electron chi connectivity index (χ0n) is 19.0. The van der Waals surface area contributed by atoms with Crippen molar-refractivity contribution < 1.29 is 4.58 Å². The Bertz CT molecular complexity index is 1030. The van der Waals surface area contributed by atoms with Gasteiger partial charge in [0.15, 0.2) is 12.3 Å². The van der Waals surface area contributed by atoms with Crippen LogP contribution in [0.1, 0.15) is 76.3 Å². The molecule has 3 aliphatic rings. The van der Waals surface area contributed by atoms with Gasteiger partial charge in [-0.25, -0.2) is 0 Å². The molecule has 0 aromatic heterocycles. The maximum absolute atomic E-state index is 2.63. The Morgan fingerprint density at radius 1 is 1.10 bits per heavy atom. The summed E-state index contributed by atoms with van der Waals surface area (Å²) in [5.74, 6) is 0.699. The molecule has 156 valence electrons. The van der Waals surface area contributed by atoms with Crippen LogP contribution in [0.5, 0.6) is 0 Å². The highest BCUT2D eigenvalue weighted by atomic mass is 15.2. The molecule has 0 saturated heterocycles. The third kappa shape index (κ3) is 2.80. The van der Waals surface area contributed by atoms with Crippen molar-refractivity contribution in [3.8, 4) is 0 Å². The van der Waals surface area contributed by atoms with Crippen molar-refractivity contribution in [2.45, 2.75) is 76.7 Å². The zero-order chi connectivity index (χ0) is 20.9. The predicted octanol–water partition coefficient (Wildman–Crippen LogP) is 6.92. The fraction of sp³-hybridized carbons (Fsp3) is 0.464. The summed E-state index contributed by atoms with van der Waals surface area (Å²) in [5.41, 5.74) is 8.81. The zero-order valence-corrected chi connectivity index (χ0v) is 19.0. The fourth-order valence-electron chi connectivity index (χ4n) is 6.76. The number of hydrogen-bond donors (Lipinski definition) is 0. The molecule has 0 N–H and O–H groups in total. The predicted molar refractivity (Wildman–Crippen MR) is 127 cm³/mol. The van der Waals surface area contributed by atoms with Gasteiger partial charge >= 0.3 is 0 Å². The molecule has 0 bridgehead atoms. The quantitative estimate of drug-likeness (QED) is 0.508. The SMILES string of the molecule is CCCC1(C)C(=C(C)C=[N+]2c3ccccc3C3CCCCC32)N(C)c2ccccc21. The molecule has 2 heterocycles. The fourth-order valence-corrected chi connectivity index (χ4v) is 6.76. The van der Waals surface area contributed by atoms with E-state index < -0.39 is 0 Å². The third-order valence-electron chi connectivity index (χ3n) is 7.88. The number of likely N-dealkylation sites (N-methyl/N-ethyl adjacent to an activating group) is 1. The molecular formula is C28H35N2+. The first-order valence-corrected chi connectivity index (χ1v) is 11.8. The summed E-state index contributed by atoms with van der Waals surface area (Å²) in [6, 6.07) is 18.7. The van der Waals surface area contributed by atoms with Crippen molar-refractivity contribution in [1.82, 2.24) is 0 Å². The lowest BCUT2D eigenvalue weighted by Crippen LogP contribution is -2.30. The molecule has 1 fully saturated rings. The highest BCUT2D eigenvalue weighted by Crippen LogP contribution is 2.51. The Kier molecular flexibility index (Phi) is 4.84. The van der Waals surface area contributed by atoms with E-state index in [1.807, 2.05) is 0 Å². The van der Waals surface area contributed by atoms with E-state index in [2.05, 4.69) is 92.0 Å². The lowest BCUT2D eigenvalue weighted by atomic mass is 9.76. The highest BCUT2D eigenvalue weighted by molar-refractivity contribution is 5.82. The molecule has 5 rings (SSSR count). The van der Waals surface area contributed by atoms with Gasteiger partial charge in [0.2, 0.25) is 5.69 Å². The van der Waals surface area contributed by atoms with E-state index in [9.17, 15) is 0 Å². The minimum atomic E-state index is 0.0753. The van der Waals surface area contributed by atoms with Crippen LogP contribution in [0.15, 0.2) is 59.8 Å². The lowest BCUT2D eigenvalue weighted by Gasteiger charge is -2.29. The van der Waals surface area contributed by atoms with Gasteiger partial charge in [-0.05, 0) is 44.7 Å². The standard InChI is InChI=1S/C28H35N2/c1-5-18-28(3)23-14-8-11-17-26(23)29(4)27(28)20(2)19-30-24-15-9-6-12-21(24)22-13-7-10-16-25(22)30/h6,8-9,11-12,14-15,17,19,22,25H,5,7,10,13,16,18H2,1-4H3/q+1. The lowest BCUT2D eigenvalue weighted by molar-refractivity contribution is -0.476. The molecule has 2 aromatic carbocycles. The monoisotopic (exact) mass is 399 g/mol. The first kappa shape index (κ1) is 19.6. The molecule has 0 radical (unpaired) electrons. The molecule has 3 atom stereocenters. The molecule has 2 heteroatoms. The van der Waals surface area contributed by atoms with Crippen molar-refractivity contribution in [2.24, 2.45) is 0 Å². The topological polar surface area (TPSA) is 6.25 Å². The van der Waals surface area contributed by atoms with Gasteiger partial charge in [0, 0.05) is 47.5 Å². The largest absolute Gasteiger partial charge is 0.347 e. The number of rotatable bonds is 3. The molecule has 0 amide bonds. The van der Waals surface area contributed by atoms with Crippen molar-refractivity contribution in [3.63, 3.8) is 0 Å². The Labute approximate surface area is 181 Å². The molecule has 2 aliphatic heterocycles. The van der Waals surface area contributed by atoms with E-state index in [0.29, 0.717) is 12.0 Å². The average Bonchev–Trinajstić information content (AvgIpc) is 3.19. The number of fused-ring (bicyclic) bond motifs is 4. The van der Waals surface area contributed by atoms with Crippen LogP contribution >= 0.6 is 0 Å². The van der Waals surface area contributed by atoms with Crippen LogP contribution in [0, 0.1) is 0 Å². The van der Waals surface area contributed by atoms with Crippen molar-refractivity contribution in [3.05, 3.63) is 70.9 Å². The normalized spacial score (nSPS) is 30.3. The highest BCUT2D eigenvalue weighted by Gasteiger charge is 2.46. The Hall–Kier alpha value is -2.35.